The van der Waals surface area contributed by atoms with Crippen molar-refractivity contribution in [2.24, 2.45) is 0 Å². The van der Waals surface area contributed by atoms with E-state index in [2.05, 4.69) is 20.0 Å². The van der Waals surface area contributed by atoms with Crippen LogP contribution in [0.25, 0.3) is 5.69 Å². The second-order valence-electron chi connectivity index (χ2n) is 7.22. The van der Waals surface area contributed by atoms with Crippen molar-refractivity contribution in [3.8, 4) is 23.1 Å². The first-order chi connectivity index (χ1) is 17.5. The van der Waals surface area contributed by atoms with E-state index in [4.69, 9.17) is 22.1 Å². The number of anilines is 2. The largest absolute Gasteiger partial charge is 0.573 e. The summed E-state index contributed by atoms with van der Waals surface area (Å²) in [6, 6.07) is 10.6. The normalized spacial score (nSPS) is 11.2. The van der Waals surface area contributed by atoms with Gasteiger partial charge in [-0.15, -0.1) is 13.2 Å². The molecule has 0 saturated carbocycles. The van der Waals surface area contributed by atoms with Gasteiger partial charge in [-0.3, -0.25) is 14.2 Å². The lowest BCUT2D eigenvalue weighted by molar-refractivity contribution is -0.274. The molecule has 2 heterocycles. The first kappa shape index (κ1) is 25.4. The lowest BCUT2D eigenvalue weighted by Crippen LogP contribution is -2.27. The average Bonchev–Trinajstić information content (AvgIpc) is 2.83. The summed E-state index contributed by atoms with van der Waals surface area (Å²) in [6.45, 7) is 0. The second-order valence-corrected chi connectivity index (χ2v) is 7.60. The third-order valence-electron chi connectivity index (χ3n) is 4.72. The zero-order valence-corrected chi connectivity index (χ0v) is 19.0. The maximum atomic E-state index is 14.6. The standard InChI is InChI=1S/C23H14ClF4N5O4/c24-18-19(29)30-11-31-21(18)36-17-8-3-12(10-16(17)25)32-20(34)15-2-1-9-33(22(15)35)13-4-6-14(7-5-13)37-23(26,27)28/h1-11H,(H,32,34)(H2,29,30,31). The monoisotopic (exact) mass is 535 g/mol. The molecule has 37 heavy (non-hydrogen) atoms. The van der Waals surface area contributed by atoms with E-state index in [1.54, 1.807) is 0 Å². The van der Waals surface area contributed by atoms with E-state index >= 15 is 0 Å². The minimum Gasteiger partial charge on any atom is -0.434 e. The van der Waals surface area contributed by atoms with Gasteiger partial charge < -0.3 is 20.5 Å². The second kappa shape index (κ2) is 10.1. The molecule has 2 aromatic carbocycles. The molecule has 0 unspecified atom stereocenters. The van der Waals surface area contributed by atoms with E-state index in [0.717, 1.165) is 29.1 Å². The van der Waals surface area contributed by atoms with Gasteiger partial charge >= 0.3 is 6.36 Å². The van der Waals surface area contributed by atoms with Gasteiger partial charge in [0, 0.05) is 23.6 Å². The van der Waals surface area contributed by atoms with E-state index in [0.29, 0.717) is 0 Å². The van der Waals surface area contributed by atoms with Crippen LogP contribution in [0.3, 0.4) is 0 Å². The van der Waals surface area contributed by atoms with Crippen LogP contribution >= 0.6 is 11.6 Å². The van der Waals surface area contributed by atoms with Crippen LogP contribution in [0.4, 0.5) is 29.1 Å². The Balaban J connectivity index is 1.52. The fourth-order valence-electron chi connectivity index (χ4n) is 3.08. The number of alkyl halides is 3. The average molecular weight is 536 g/mol. The number of hydrogen-bond acceptors (Lipinski definition) is 7. The lowest BCUT2D eigenvalue weighted by atomic mass is 10.2. The minimum atomic E-state index is -4.86. The fourth-order valence-corrected chi connectivity index (χ4v) is 3.22. The molecule has 0 radical (unpaired) electrons. The van der Waals surface area contributed by atoms with Crippen molar-refractivity contribution in [1.29, 1.82) is 0 Å². The molecule has 0 aliphatic rings. The van der Waals surface area contributed by atoms with E-state index in [1.165, 1.54) is 42.6 Å². The highest BCUT2D eigenvalue weighted by Crippen LogP contribution is 2.32. The number of halogens is 5. The van der Waals surface area contributed by atoms with Gasteiger partial charge in [-0.2, -0.15) is 4.98 Å². The number of aromatic nitrogens is 3. The SMILES string of the molecule is Nc1ncnc(Oc2ccc(NC(=O)c3cccn(-c4ccc(OC(F)(F)F)cc4)c3=O)cc2F)c1Cl. The van der Waals surface area contributed by atoms with Crippen LogP contribution in [0.15, 0.2) is 71.9 Å². The van der Waals surface area contributed by atoms with Crippen LogP contribution in [-0.2, 0) is 0 Å². The highest BCUT2D eigenvalue weighted by Gasteiger charge is 2.31. The number of nitrogens with zero attached hydrogens (tertiary/aromatic N) is 3. The Morgan fingerprint density at radius 3 is 2.49 bits per heavy atom. The maximum Gasteiger partial charge on any atom is 0.573 e. The van der Waals surface area contributed by atoms with Gasteiger partial charge in [0.1, 0.15) is 28.5 Å². The third-order valence-corrected chi connectivity index (χ3v) is 5.08. The molecule has 0 spiro atoms. The molecular weight excluding hydrogens is 522 g/mol. The van der Waals surface area contributed by atoms with Crippen LogP contribution in [-0.4, -0.2) is 26.8 Å². The molecule has 9 nitrogen and oxygen atoms in total. The van der Waals surface area contributed by atoms with Crippen molar-refractivity contribution >= 4 is 29.0 Å². The number of benzene rings is 2. The summed E-state index contributed by atoms with van der Waals surface area (Å²) in [7, 11) is 0. The zero-order chi connectivity index (χ0) is 26.7. The summed E-state index contributed by atoms with van der Waals surface area (Å²) in [5, 5.41) is 2.29. The van der Waals surface area contributed by atoms with Crippen LogP contribution in [0.1, 0.15) is 10.4 Å². The van der Waals surface area contributed by atoms with Crippen LogP contribution < -0.4 is 26.1 Å². The van der Waals surface area contributed by atoms with Gasteiger partial charge in [-0.1, -0.05) is 11.6 Å². The number of pyridine rings is 1. The predicted molar refractivity (Wildman–Crippen MR) is 125 cm³/mol. The van der Waals surface area contributed by atoms with E-state index < -0.39 is 29.4 Å². The van der Waals surface area contributed by atoms with Crippen LogP contribution in [0, 0.1) is 5.82 Å². The van der Waals surface area contributed by atoms with Crippen molar-refractivity contribution in [2.75, 3.05) is 11.1 Å². The summed E-state index contributed by atoms with van der Waals surface area (Å²) in [4.78, 5) is 33.0. The minimum absolute atomic E-state index is 0.00611. The first-order valence-electron chi connectivity index (χ1n) is 10.1. The summed E-state index contributed by atoms with van der Waals surface area (Å²) < 4.78 is 61.8. The van der Waals surface area contributed by atoms with Crippen molar-refractivity contribution in [3.63, 3.8) is 0 Å². The Labute approximate surface area is 210 Å². The molecule has 2 aromatic heterocycles. The first-order valence-corrected chi connectivity index (χ1v) is 10.5. The van der Waals surface area contributed by atoms with Crippen molar-refractivity contribution in [2.45, 2.75) is 6.36 Å². The predicted octanol–water partition coefficient (Wildman–Crippen LogP) is 4.95. The highest BCUT2D eigenvalue weighted by atomic mass is 35.5. The summed E-state index contributed by atoms with van der Waals surface area (Å²) in [6.07, 6.45) is -2.45. The maximum absolute atomic E-state index is 14.6. The lowest BCUT2D eigenvalue weighted by Gasteiger charge is -2.12. The Bertz CT molecular complexity index is 1530. The van der Waals surface area contributed by atoms with Crippen molar-refractivity contribution in [1.82, 2.24) is 14.5 Å². The fraction of sp³-hybridized carbons (Fsp3) is 0.0435. The van der Waals surface area contributed by atoms with Crippen LogP contribution in [0.2, 0.25) is 5.02 Å². The van der Waals surface area contributed by atoms with Crippen molar-refractivity contribution in [3.05, 3.63) is 93.9 Å². The highest BCUT2D eigenvalue weighted by molar-refractivity contribution is 6.34. The summed E-state index contributed by atoms with van der Waals surface area (Å²) in [5.41, 5.74) is 4.68. The molecule has 4 rings (SSSR count). The Kier molecular flexibility index (Phi) is 6.98. The summed E-state index contributed by atoms with van der Waals surface area (Å²) in [5.74, 6) is -2.70. The number of carbonyl (C=O) groups excluding carboxylic acids is 1. The number of hydrogen-bond donors (Lipinski definition) is 2. The molecule has 3 N–H and O–H groups in total. The number of amides is 1. The molecule has 0 saturated heterocycles. The molecule has 1 amide bonds. The van der Waals surface area contributed by atoms with Crippen LogP contribution in [0.5, 0.6) is 17.4 Å². The molecule has 0 aliphatic carbocycles. The Morgan fingerprint density at radius 2 is 1.81 bits per heavy atom. The number of nitrogens with two attached hydrogens (primary N) is 1. The van der Waals surface area contributed by atoms with Gasteiger partial charge in [0.25, 0.3) is 11.5 Å². The number of nitrogens with one attached hydrogen (secondary N) is 1. The van der Waals surface area contributed by atoms with Gasteiger partial charge in [0.15, 0.2) is 11.6 Å². The molecule has 4 aromatic rings. The molecule has 0 bridgehead atoms. The smallest absolute Gasteiger partial charge is 0.434 e. The number of nitrogen functional groups attached to an aromatic ring is 1. The van der Waals surface area contributed by atoms with E-state index in [1.807, 2.05) is 0 Å². The molecule has 14 heteroatoms. The van der Waals surface area contributed by atoms with E-state index in [9.17, 15) is 27.2 Å². The number of ether oxygens (including phenoxy) is 2. The Hall–Kier alpha value is -4.65. The van der Waals surface area contributed by atoms with Gasteiger partial charge in [-0.05, 0) is 48.5 Å². The summed E-state index contributed by atoms with van der Waals surface area (Å²) >= 11 is 5.93. The molecule has 0 fully saturated rings. The molecular formula is C23H14ClF4N5O4. The topological polar surface area (TPSA) is 121 Å². The van der Waals surface area contributed by atoms with Crippen molar-refractivity contribution < 1.29 is 31.8 Å². The third kappa shape index (κ3) is 5.95. The van der Waals surface area contributed by atoms with Gasteiger partial charge in [0.05, 0.1) is 0 Å². The van der Waals surface area contributed by atoms with Gasteiger partial charge in [0.2, 0.25) is 5.88 Å². The quantitative estimate of drug-likeness (QED) is 0.335. The molecule has 190 valence electrons. The number of carbonyl (C=O) groups is 1. The molecule has 0 atom stereocenters. The Morgan fingerprint density at radius 1 is 1.08 bits per heavy atom. The van der Waals surface area contributed by atoms with Gasteiger partial charge in [-0.25, -0.2) is 9.37 Å². The molecule has 0 aliphatic heterocycles. The number of rotatable bonds is 6. The van der Waals surface area contributed by atoms with E-state index in [-0.39, 0.29) is 39.4 Å². The zero-order valence-electron chi connectivity index (χ0n) is 18.3.